The molecule has 11 heavy (non-hydrogen) atoms. The molecular weight excluding hydrogens is 200 g/mol. The van der Waals surface area contributed by atoms with Crippen LogP contribution in [0.3, 0.4) is 0 Å². The van der Waals surface area contributed by atoms with Crippen LogP contribution >= 0.6 is 15.9 Å². The van der Waals surface area contributed by atoms with Gasteiger partial charge in [-0.15, -0.1) is 0 Å². The van der Waals surface area contributed by atoms with Crippen LogP contribution in [0.5, 0.6) is 0 Å². The predicted molar refractivity (Wildman–Crippen MR) is 54.1 cm³/mol. The van der Waals surface area contributed by atoms with Gasteiger partial charge in [-0.3, -0.25) is 0 Å². The first-order valence-electron chi connectivity index (χ1n) is 4.51. The summed E-state index contributed by atoms with van der Waals surface area (Å²) < 4.78 is 0. The molecule has 0 fully saturated rings. The third kappa shape index (κ3) is 2.98. The maximum atomic E-state index is 3.69. The molecule has 2 atom stereocenters. The van der Waals surface area contributed by atoms with E-state index < -0.39 is 0 Å². The van der Waals surface area contributed by atoms with Crippen molar-refractivity contribution in [3.05, 3.63) is 11.6 Å². The van der Waals surface area contributed by atoms with Gasteiger partial charge >= 0.3 is 0 Å². The van der Waals surface area contributed by atoms with Crippen LogP contribution in [0.25, 0.3) is 0 Å². The summed E-state index contributed by atoms with van der Waals surface area (Å²) in [7, 11) is 0. The molecule has 1 aliphatic carbocycles. The summed E-state index contributed by atoms with van der Waals surface area (Å²) >= 11 is 3.69. The average molecular weight is 217 g/mol. The molecule has 0 nitrogen and oxygen atoms in total. The Kier molecular flexibility index (Phi) is 3.64. The third-order valence-corrected chi connectivity index (χ3v) is 3.55. The zero-order chi connectivity index (χ0) is 8.27. The van der Waals surface area contributed by atoms with Crippen molar-refractivity contribution in [2.45, 2.75) is 44.4 Å². The highest BCUT2D eigenvalue weighted by atomic mass is 79.9. The first kappa shape index (κ1) is 9.31. The molecule has 0 N–H and O–H groups in total. The van der Waals surface area contributed by atoms with Crippen molar-refractivity contribution in [1.29, 1.82) is 0 Å². The largest absolute Gasteiger partial charge is 0.0891 e. The minimum absolute atomic E-state index is 0.759. The highest BCUT2D eigenvalue weighted by molar-refractivity contribution is 9.09. The number of hydrogen-bond acceptors (Lipinski definition) is 0. The first-order valence-corrected chi connectivity index (χ1v) is 5.42. The maximum Gasteiger partial charge on any atom is 0.0149 e. The second-order valence-electron chi connectivity index (χ2n) is 3.60. The Morgan fingerprint density at radius 2 is 2.09 bits per heavy atom. The van der Waals surface area contributed by atoms with Gasteiger partial charge < -0.3 is 0 Å². The van der Waals surface area contributed by atoms with E-state index in [-0.39, 0.29) is 0 Å². The van der Waals surface area contributed by atoms with E-state index in [0.29, 0.717) is 0 Å². The van der Waals surface area contributed by atoms with E-state index in [1.165, 1.54) is 25.7 Å². The minimum atomic E-state index is 0.759. The number of rotatable bonds is 0. The fourth-order valence-electron chi connectivity index (χ4n) is 1.50. The SMILES string of the molecule is C/C1=C/CCC(Br)CC[C@H]1C. The smallest absolute Gasteiger partial charge is 0.0149 e. The highest BCUT2D eigenvalue weighted by Gasteiger charge is 2.11. The van der Waals surface area contributed by atoms with Gasteiger partial charge in [0.05, 0.1) is 0 Å². The monoisotopic (exact) mass is 216 g/mol. The maximum absolute atomic E-state index is 3.69. The summed E-state index contributed by atoms with van der Waals surface area (Å²) in [4.78, 5) is 0.759. The Bertz CT molecular complexity index is 149. The fraction of sp³-hybridized carbons (Fsp3) is 0.800. The Balaban J connectivity index is 2.52. The van der Waals surface area contributed by atoms with Crippen LogP contribution in [0.15, 0.2) is 11.6 Å². The van der Waals surface area contributed by atoms with Gasteiger partial charge in [0.2, 0.25) is 0 Å². The quantitative estimate of drug-likeness (QED) is 0.426. The summed E-state index contributed by atoms with van der Waals surface area (Å²) in [6.45, 7) is 4.59. The van der Waals surface area contributed by atoms with Gasteiger partial charge in [0.15, 0.2) is 0 Å². The van der Waals surface area contributed by atoms with Gasteiger partial charge in [-0.25, -0.2) is 0 Å². The summed E-state index contributed by atoms with van der Waals surface area (Å²) in [6.07, 6.45) is 7.65. The van der Waals surface area contributed by atoms with E-state index in [9.17, 15) is 0 Å². The van der Waals surface area contributed by atoms with Crippen LogP contribution in [0.2, 0.25) is 0 Å². The normalized spacial score (nSPS) is 38.6. The second kappa shape index (κ2) is 4.30. The number of hydrogen-bond donors (Lipinski definition) is 0. The lowest BCUT2D eigenvalue weighted by Crippen LogP contribution is -2.06. The van der Waals surface area contributed by atoms with Crippen LogP contribution in [0.1, 0.15) is 39.5 Å². The minimum Gasteiger partial charge on any atom is -0.0891 e. The Labute approximate surface area is 78.2 Å². The van der Waals surface area contributed by atoms with Crippen LogP contribution in [-0.4, -0.2) is 4.83 Å². The Morgan fingerprint density at radius 1 is 1.36 bits per heavy atom. The van der Waals surface area contributed by atoms with E-state index in [0.717, 1.165) is 10.7 Å². The van der Waals surface area contributed by atoms with Crippen molar-refractivity contribution in [2.24, 2.45) is 5.92 Å². The molecule has 1 aliphatic rings. The number of halogens is 1. The zero-order valence-electron chi connectivity index (χ0n) is 7.44. The van der Waals surface area contributed by atoms with Gasteiger partial charge in [0.1, 0.15) is 0 Å². The summed E-state index contributed by atoms with van der Waals surface area (Å²) in [5.41, 5.74) is 1.59. The molecule has 0 heterocycles. The molecule has 0 saturated carbocycles. The van der Waals surface area contributed by atoms with E-state index in [4.69, 9.17) is 0 Å². The molecule has 1 heteroatoms. The second-order valence-corrected chi connectivity index (χ2v) is 4.90. The van der Waals surface area contributed by atoms with Crippen LogP contribution in [0, 0.1) is 5.92 Å². The number of alkyl halides is 1. The van der Waals surface area contributed by atoms with Crippen LogP contribution in [0.4, 0.5) is 0 Å². The lowest BCUT2D eigenvalue weighted by Gasteiger charge is -2.18. The van der Waals surface area contributed by atoms with E-state index >= 15 is 0 Å². The van der Waals surface area contributed by atoms with E-state index in [1.807, 2.05) is 0 Å². The van der Waals surface area contributed by atoms with Crippen molar-refractivity contribution in [2.75, 3.05) is 0 Å². The Hall–Kier alpha value is 0.220. The van der Waals surface area contributed by atoms with Crippen LogP contribution in [-0.2, 0) is 0 Å². The molecule has 0 radical (unpaired) electrons. The molecule has 0 aromatic rings. The molecule has 0 saturated heterocycles. The fourth-order valence-corrected chi connectivity index (χ4v) is 2.02. The lowest BCUT2D eigenvalue weighted by atomic mass is 9.92. The van der Waals surface area contributed by atoms with E-state index in [2.05, 4.69) is 35.9 Å². The van der Waals surface area contributed by atoms with Gasteiger partial charge in [0.25, 0.3) is 0 Å². The van der Waals surface area contributed by atoms with Crippen molar-refractivity contribution in [1.82, 2.24) is 0 Å². The first-order chi connectivity index (χ1) is 5.20. The highest BCUT2D eigenvalue weighted by Crippen LogP contribution is 2.25. The van der Waals surface area contributed by atoms with Gasteiger partial charge in [-0.1, -0.05) is 34.5 Å². The molecule has 0 aliphatic heterocycles. The van der Waals surface area contributed by atoms with Gasteiger partial charge in [-0.2, -0.15) is 0 Å². The van der Waals surface area contributed by atoms with Gasteiger partial charge in [-0.05, 0) is 38.5 Å². The summed E-state index contributed by atoms with van der Waals surface area (Å²) in [5, 5.41) is 0. The van der Waals surface area contributed by atoms with Gasteiger partial charge in [0, 0.05) is 4.83 Å². The van der Waals surface area contributed by atoms with Crippen molar-refractivity contribution in [3.63, 3.8) is 0 Å². The molecule has 0 aromatic heterocycles. The van der Waals surface area contributed by atoms with Crippen molar-refractivity contribution < 1.29 is 0 Å². The summed E-state index contributed by atoms with van der Waals surface area (Å²) in [5.74, 6) is 0.801. The standard InChI is InChI=1S/C10H17Br/c1-8-4-3-5-10(11)7-6-9(8)2/h4,9-10H,3,5-7H2,1-2H3/b8-4-/t9-,10?/m1/s1. The zero-order valence-corrected chi connectivity index (χ0v) is 9.02. The predicted octanol–water partition coefficient (Wildman–Crippen LogP) is 3.91. The third-order valence-electron chi connectivity index (χ3n) is 2.64. The molecular formula is C10H17Br. The average Bonchev–Trinajstić information content (AvgIpc) is 1.98. The molecule has 1 unspecified atom stereocenters. The molecule has 0 aromatic carbocycles. The van der Waals surface area contributed by atoms with Crippen molar-refractivity contribution >= 4 is 15.9 Å². The molecule has 1 rings (SSSR count). The molecule has 64 valence electrons. The van der Waals surface area contributed by atoms with E-state index in [1.54, 1.807) is 5.57 Å². The molecule has 0 spiro atoms. The number of allylic oxidation sites excluding steroid dienone is 2. The summed E-state index contributed by atoms with van der Waals surface area (Å²) in [6, 6.07) is 0. The Morgan fingerprint density at radius 3 is 2.82 bits per heavy atom. The van der Waals surface area contributed by atoms with Crippen molar-refractivity contribution in [3.8, 4) is 0 Å². The topological polar surface area (TPSA) is 0 Å². The lowest BCUT2D eigenvalue weighted by molar-refractivity contribution is 0.541. The molecule has 0 bridgehead atoms. The van der Waals surface area contributed by atoms with Crippen LogP contribution < -0.4 is 0 Å². The molecule has 0 amide bonds.